The Labute approximate surface area is 159 Å². The van der Waals surface area contributed by atoms with E-state index in [-0.39, 0.29) is 16.9 Å². The molecule has 2 aromatic rings. The average Bonchev–Trinajstić information content (AvgIpc) is 2.68. The van der Waals surface area contributed by atoms with Gasteiger partial charge in [-0.1, -0.05) is 12.1 Å². The lowest BCUT2D eigenvalue weighted by molar-refractivity contribution is -0.384. The van der Waals surface area contributed by atoms with Crippen LogP contribution in [0.1, 0.15) is 10.4 Å². The number of amides is 1. The van der Waals surface area contributed by atoms with Crippen LogP contribution >= 0.6 is 0 Å². The van der Waals surface area contributed by atoms with Crippen molar-refractivity contribution < 1.29 is 28.4 Å². The quantitative estimate of drug-likeness (QED) is 0.292. The summed E-state index contributed by atoms with van der Waals surface area (Å²) >= 11 is 0. The highest BCUT2D eigenvalue weighted by Crippen LogP contribution is 2.23. The number of hydrogen-bond acceptors (Lipinski definition) is 7. The summed E-state index contributed by atoms with van der Waals surface area (Å²) < 4.78 is 23.3. The Kier molecular flexibility index (Phi) is 7.40. The van der Waals surface area contributed by atoms with Crippen molar-refractivity contribution in [3.63, 3.8) is 0 Å². The minimum absolute atomic E-state index is 0.0548. The molecule has 2 aromatic carbocycles. The Balaban J connectivity index is 2.06. The van der Waals surface area contributed by atoms with Gasteiger partial charge in [-0.2, -0.15) is 0 Å². The number of nitro groups is 1. The van der Waals surface area contributed by atoms with Crippen molar-refractivity contribution in [3.8, 4) is 0 Å². The molecule has 1 amide bonds. The minimum Gasteiger partial charge on any atom is -0.452 e. The van der Waals surface area contributed by atoms with Gasteiger partial charge in [-0.3, -0.25) is 14.9 Å². The van der Waals surface area contributed by atoms with Crippen molar-refractivity contribution in [1.82, 2.24) is 0 Å². The molecular formula is C18H18FN3O6. The SMILES string of the molecule is COCCNc1ccc([N+](=O)[O-])cc1C(=O)OCC(=O)Nc1ccccc1F. The lowest BCUT2D eigenvalue weighted by Gasteiger charge is -2.12. The van der Waals surface area contributed by atoms with E-state index < -0.39 is 29.2 Å². The molecular weight excluding hydrogens is 373 g/mol. The zero-order chi connectivity index (χ0) is 20.5. The molecule has 0 aliphatic rings. The number of nitro benzene ring substituents is 1. The topological polar surface area (TPSA) is 120 Å². The van der Waals surface area contributed by atoms with E-state index in [2.05, 4.69) is 10.6 Å². The van der Waals surface area contributed by atoms with Crippen molar-refractivity contribution >= 4 is 28.9 Å². The zero-order valence-corrected chi connectivity index (χ0v) is 14.9. The number of benzene rings is 2. The molecule has 0 heterocycles. The molecule has 28 heavy (non-hydrogen) atoms. The van der Waals surface area contributed by atoms with Gasteiger partial charge in [0.25, 0.3) is 11.6 Å². The van der Waals surface area contributed by atoms with Crippen LogP contribution in [-0.2, 0) is 14.3 Å². The van der Waals surface area contributed by atoms with Crippen molar-refractivity contribution in [1.29, 1.82) is 0 Å². The van der Waals surface area contributed by atoms with Crippen LogP contribution in [0.4, 0.5) is 21.5 Å². The molecule has 2 rings (SSSR count). The van der Waals surface area contributed by atoms with E-state index in [1.807, 2.05) is 0 Å². The smallest absolute Gasteiger partial charge is 0.341 e. The number of esters is 1. The van der Waals surface area contributed by atoms with Gasteiger partial charge in [0.1, 0.15) is 5.82 Å². The summed E-state index contributed by atoms with van der Waals surface area (Å²) in [4.78, 5) is 34.5. The number of nitrogens with one attached hydrogen (secondary N) is 2. The normalized spacial score (nSPS) is 10.2. The van der Waals surface area contributed by atoms with Gasteiger partial charge in [-0.15, -0.1) is 0 Å². The number of nitrogens with zero attached hydrogens (tertiary/aromatic N) is 1. The first-order valence-corrected chi connectivity index (χ1v) is 8.15. The van der Waals surface area contributed by atoms with Crippen LogP contribution in [-0.4, -0.2) is 43.7 Å². The highest BCUT2D eigenvalue weighted by atomic mass is 19.1. The van der Waals surface area contributed by atoms with E-state index >= 15 is 0 Å². The monoisotopic (exact) mass is 391 g/mol. The molecule has 0 spiro atoms. The second-order valence-corrected chi connectivity index (χ2v) is 5.51. The number of non-ortho nitro benzene ring substituents is 1. The van der Waals surface area contributed by atoms with Gasteiger partial charge >= 0.3 is 5.97 Å². The molecule has 10 heteroatoms. The van der Waals surface area contributed by atoms with E-state index in [1.54, 1.807) is 0 Å². The highest BCUT2D eigenvalue weighted by Gasteiger charge is 2.19. The summed E-state index contributed by atoms with van der Waals surface area (Å²) in [5.41, 5.74) is -0.174. The van der Waals surface area contributed by atoms with Crippen LogP contribution < -0.4 is 10.6 Å². The third kappa shape index (κ3) is 5.74. The highest BCUT2D eigenvalue weighted by molar-refractivity contribution is 5.99. The number of carbonyl (C=O) groups excluding carboxylic acids is 2. The maximum absolute atomic E-state index is 13.5. The van der Waals surface area contributed by atoms with Crippen molar-refractivity contribution in [2.75, 3.05) is 37.5 Å². The summed E-state index contributed by atoms with van der Waals surface area (Å²) in [7, 11) is 1.50. The van der Waals surface area contributed by atoms with Gasteiger partial charge in [0, 0.05) is 31.5 Å². The first-order chi connectivity index (χ1) is 13.4. The third-order valence-corrected chi connectivity index (χ3v) is 3.54. The number of rotatable bonds is 9. The van der Waals surface area contributed by atoms with Gasteiger partial charge in [-0.05, 0) is 18.2 Å². The fourth-order valence-corrected chi connectivity index (χ4v) is 2.21. The Morgan fingerprint density at radius 2 is 1.93 bits per heavy atom. The van der Waals surface area contributed by atoms with E-state index in [0.29, 0.717) is 18.8 Å². The molecule has 0 saturated heterocycles. The van der Waals surface area contributed by atoms with Gasteiger partial charge in [-0.25, -0.2) is 9.18 Å². The number of methoxy groups -OCH3 is 1. The van der Waals surface area contributed by atoms with E-state index in [0.717, 1.165) is 6.07 Å². The van der Waals surface area contributed by atoms with E-state index in [9.17, 15) is 24.1 Å². The molecule has 9 nitrogen and oxygen atoms in total. The molecule has 0 saturated carbocycles. The molecule has 148 valence electrons. The molecule has 0 aliphatic heterocycles. The van der Waals surface area contributed by atoms with E-state index in [4.69, 9.17) is 9.47 Å². The van der Waals surface area contributed by atoms with Crippen LogP contribution in [0.2, 0.25) is 0 Å². The van der Waals surface area contributed by atoms with Gasteiger partial charge in [0.05, 0.1) is 22.8 Å². The van der Waals surface area contributed by atoms with Crippen LogP contribution in [0.15, 0.2) is 42.5 Å². The van der Waals surface area contributed by atoms with Crippen LogP contribution in [0.25, 0.3) is 0 Å². The lowest BCUT2D eigenvalue weighted by Crippen LogP contribution is -2.22. The predicted molar refractivity (Wildman–Crippen MR) is 98.8 cm³/mol. The Morgan fingerprint density at radius 3 is 2.61 bits per heavy atom. The fourth-order valence-electron chi connectivity index (χ4n) is 2.21. The summed E-state index contributed by atoms with van der Waals surface area (Å²) in [5.74, 6) is -2.32. The summed E-state index contributed by atoms with van der Waals surface area (Å²) in [6.45, 7) is 0.00620. The first-order valence-electron chi connectivity index (χ1n) is 8.15. The maximum atomic E-state index is 13.5. The summed E-state index contributed by atoms with van der Waals surface area (Å²) in [5, 5.41) is 16.1. The minimum atomic E-state index is -0.938. The molecule has 0 unspecified atom stereocenters. The second-order valence-electron chi connectivity index (χ2n) is 5.51. The van der Waals surface area contributed by atoms with Crippen molar-refractivity contribution in [3.05, 3.63) is 64.0 Å². The molecule has 0 radical (unpaired) electrons. The number of carbonyl (C=O) groups is 2. The third-order valence-electron chi connectivity index (χ3n) is 3.54. The van der Waals surface area contributed by atoms with E-state index in [1.165, 1.54) is 43.5 Å². The Morgan fingerprint density at radius 1 is 1.18 bits per heavy atom. The fraction of sp³-hybridized carbons (Fsp3) is 0.222. The van der Waals surface area contributed by atoms with Crippen molar-refractivity contribution in [2.24, 2.45) is 0 Å². The standard InChI is InChI=1S/C18H18FN3O6/c1-27-9-8-20-15-7-6-12(22(25)26)10-13(15)18(24)28-11-17(23)21-16-5-3-2-4-14(16)19/h2-7,10,20H,8-9,11H2,1H3,(H,21,23). The molecule has 0 bridgehead atoms. The van der Waals surface area contributed by atoms with Crippen LogP contribution in [0.5, 0.6) is 0 Å². The lowest BCUT2D eigenvalue weighted by atomic mass is 10.1. The van der Waals surface area contributed by atoms with Gasteiger partial charge in [0.15, 0.2) is 6.61 Å². The van der Waals surface area contributed by atoms with Crippen molar-refractivity contribution in [2.45, 2.75) is 0 Å². The molecule has 0 aliphatic carbocycles. The molecule has 0 fully saturated rings. The molecule has 0 aromatic heterocycles. The Bertz CT molecular complexity index is 874. The predicted octanol–water partition coefficient (Wildman–Crippen LogP) is 2.59. The van der Waals surface area contributed by atoms with Crippen LogP contribution in [0.3, 0.4) is 0 Å². The van der Waals surface area contributed by atoms with Gasteiger partial charge in [0.2, 0.25) is 0 Å². The first kappa shape index (κ1) is 20.8. The zero-order valence-electron chi connectivity index (χ0n) is 14.9. The van der Waals surface area contributed by atoms with Gasteiger partial charge < -0.3 is 20.1 Å². The summed E-state index contributed by atoms with van der Waals surface area (Å²) in [6.07, 6.45) is 0. The molecule has 2 N–H and O–H groups in total. The number of halogens is 1. The molecule has 0 atom stereocenters. The number of ether oxygens (including phenoxy) is 2. The number of para-hydroxylation sites is 1. The average molecular weight is 391 g/mol. The number of anilines is 2. The summed E-state index contributed by atoms with van der Waals surface area (Å²) in [6, 6.07) is 9.17. The second kappa shape index (κ2) is 9.97. The Hall–Kier alpha value is -3.53. The van der Waals surface area contributed by atoms with Crippen LogP contribution in [0, 0.1) is 15.9 Å². The maximum Gasteiger partial charge on any atom is 0.341 e. The number of hydrogen-bond donors (Lipinski definition) is 2. The largest absolute Gasteiger partial charge is 0.452 e.